The monoisotopic (exact) mass is 447 g/mol. The second kappa shape index (κ2) is 8.69. The van der Waals surface area contributed by atoms with Gasteiger partial charge in [-0.1, -0.05) is 77.7 Å². The van der Waals surface area contributed by atoms with Gasteiger partial charge in [0.15, 0.2) is 10.1 Å². The minimum Gasteiger partial charge on any atom is -0.451 e. The molecule has 156 valence electrons. The number of aromatic nitrogens is 2. The number of thioether (sulfide) groups is 1. The number of carbonyl (C=O) groups is 1. The number of nitrogens with zero attached hydrogens (tertiary/aromatic N) is 3. The number of hydrogen-bond donors (Lipinski definition) is 0. The predicted molar refractivity (Wildman–Crippen MR) is 125 cm³/mol. The van der Waals surface area contributed by atoms with Crippen LogP contribution in [-0.4, -0.2) is 34.1 Å². The van der Waals surface area contributed by atoms with Gasteiger partial charge in [-0.25, -0.2) is 0 Å². The molecule has 4 aromatic rings. The lowest BCUT2D eigenvalue weighted by molar-refractivity contribution is 0.0742. The average molecular weight is 448 g/mol. The van der Waals surface area contributed by atoms with Crippen molar-refractivity contribution in [3.63, 3.8) is 0 Å². The number of benzene rings is 2. The maximum atomic E-state index is 13.4. The highest BCUT2D eigenvalue weighted by Crippen LogP contribution is 2.34. The van der Waals surface area contributed by atoms with Crippen molar-refractivity contribution in [2.75, 3.05) is 13.1 Å². The van der Waals surface area contributed by atoms with Crippen LogP contribution in [0.2, 0.25) is 0 Å². The van der Waals surface area contributed by atoms with Crippen LogP contribution in [0.4, 0.5) is 0 Å². The molecule has 0 unspecified atom stereocenters. The van der Waals surface area contributed by atoms with Gasteiger partial charge in [-0.2, -0.15) is 0 Å². The summed E-state index contributed by atoms with van der Waals surface area (Å²) in [7, 11) is 0. The van der Waals surface area contributed by atoms with Crippen molar-refractivity contribution in [3.05, 3.63) is 82.6 Å². The molecule has 0 atom stereocenters. The molecule has 1 amide bonds. The molecule has 5 rings (SSSR count). The second-order valence-electron chi connectivity index (χ2n) is 7.38. The molecular formula is C24H21N3O2S2. The first-order chi connectivity index (χ1) is 15.2. The van der Waals surface area contributed by atoms with Gasteiger partial charge in [0.25, 0.3) is 5.91 Å². The van der Waals surface area contributed by atoms with Gasteiger partial charge in [-0.15, -0.1) is 10.2 Å². The van der Waals surface area contributed by atoms with E-state index in [4.69, 9.17) is 4.42 Å². The molecule has 0 radical (unpaired) electrons. The van der Waals surface area contributed by atoms with E-state index >= 15 is 0 Å². The van der Waals surface area contributed by atoms with Gasteiger partial charge in [0.1, 0.15) is 10.6 Å². The molecule has 5 nitrogen and oxygen atoms in total. The molecule has 1 aliphatic heterocycles. The maximum Gasteiger partial charge on any atom is 0.290 e. The Morgan fingerprint density at radius 1 is 1.13 bits per heavy atom. The van der Waals surface area contributed by atoms with E-state index < -0.39 is 0 Å². The van der Waals surface area contributed by atoms with Crippen LogP contribution in [0.3, 0.4) is 0 Å². The minimum absolute atomic E-state index is 0.0522. The summed E-state index contributed by atoms with van der Waals surface area (Å²) in [6.45, 7) is 3.21. The lowest BCUT2D eigenvalue weighted by Gasteiger charge is -2.26. The zero-order valence-corrected chi connectivity index (χ0v) is 18.7. The molecule has 0 fully saturated rings. The lowest BCUT2D eigenvalue weighted by atomic mass is 9.99. The Balaban J connectivity index is 1.40. The van der Waals surface area contributed by atoms with Crippen molar-refractivity contribution < 1.29 is 9.21 Å². The maximum absolute atomic E-state index is 13.4. The molecule has 0 aliphatic carbocycles. The standard InChI is InChI=1S/C24H21N3O2S2/c1-16-25-26-24(31-16)30-15-20-19-9-5-6-10-21(19)29-22(20)23(28)27-13-11-18(12-14-27)17-7-3-2-4-8-17/h2-11H,12-15H2,1H3. The van der Waals surface area contributed by atoms with Crippen LogP contribution < -0.4 is 0 Å². The van der Waals surface area contributed by atoms with Gasteiger partial charge < -0.3 is 9.32 Å². The molecule has 1 aliphatic rings. The van der Waals surface area contributed by atoms with Crippen LogP contribution in [0.25, 0.3) is 16.5 Å². The average Bonchev–Trinajstić information content (AvgIpc) is 3.41. The summed E-state index contributed by atoms with van der Waals surface area (Å²) in [5, 5.41) is 10.2. The number of fused-ring (bicyclic) bond motifs is 1. The van der Waals surface area contributed by atoms with Crippen molar-refractivity contribution in [1.29, 1.82) is 0 Å². The van der Waals surface area contributed by atoms with Gasteiger partial charge in [0.2, 0.25) is 0 Å². The second-order valence-corrected chi connectivity index (χ2v) is 9.78. The lowest BCUT2D eigenvalue weighted by Crippen LogP contribution is -2.34. The van der Waals surface area contributed by atoms with Gasteiger partial charge in [-0.3, -0.25) is 4.79 Å². The highest BCUT2D eigenvalue weighted by Gasteiger charge is 2.26. The minimum atomic E-state index is -0.0522. The summed E-state index contributed by atoms with van der Waals surface area (Å²) in [4.78, 5) is 15.3. The smallest absolute Gasteiger partial charge is 0.290 e. The van der Waals surface area contributed by atoms with Crippen LogP contribution in [0.5, 0.6) is 0 Å². The number of rotatable bonds is 5. The van der Waals surface area contributed by atoms with Crippen molar-refractivity contribution in [1.82, 2.24) is 15.1 Å². The van der Waals surface area contributed by atoms with Gasteiger partial charge in [0, 0.05) is 29.8 Å². The third kappa shape index (κ3) is 4.16. The van der Waals surface area contributed by atoms with E-state index in [1.807, 2.05) is 54.3 Å². The van der Waals surface area contributed by atoms with E-state index in [1.165, 1.54) is 11.1 Å². The summed E-state index contributed by atoms with van der Waals surface area (Å²) >= 11 is 3.15. The number of hydrogen-bond acceptors (Lipinski definition) is 6. The van der Waals surface area contributed by atoms with Crippen LogP contribution in [-0.2, 0) is 5.75 Å². The highest BCUT2D eigenvalue weighted by atomic mass is 32.2. The fourth-order valence-electron chi connectivity index (χ4n) is 3.80. The fourth-order valence-corrected chi connectivity index (χ4v) is 5.64. The molecule has 31 heavy (non-hydrogen) atoms. The Kier molecular flexibility index (Phi) is 5.61. The van der Waals surface area contributed by atoms with E-state index in [-0.39, 0.29) is 5.91 Å². The molecule has 0 N–H and O–H groups in total. The molecule has 0 bridgehead atoms. The van der Waals surface area contributed by atoms with Crippen LogP contribution in [0, 0.1) is 6.92 Å². The Morgan fingerprint density at radius 2 is 1.94 bits per heavy atom. The Labute approximate surface area is 188 Å². The summed E-state index contributed by atoms with van der Waals surface area (Å²) in [6.07, 6.45) is 2.99. The zero-order chi connectivity index (χ0) is 21.2. The molecule has 0 spiro atoms. The van der Waals surface area contributed by atoms with Crippen molar-refractivity contribution >= 4 is 45.5 Å². The van der Waals surface area contributed by atoms with Gasteiger partial charge in [0.05, 0.1) is 0 Å². The number of carbonyl (C=O) groups excluding carboxylic acids is 1. The number of furan rings is 1. The summed E-state index contributed by atoms with van der Waals surface area (Å²) in [6, 6.07) is 18.2. The van der Waals surface area contributed by atoms with E-state index in [0.29, 0.717) is 24.6 Å². The zero-order valence-electron chi connectivity index (χ0n) is 17.1. The Bertz CT molecular complexity index is 1260. The van der Waals surface area contributed by atoms with Gasteiger partial charge in [-0.05, 0) is 30.5 Å². The normalized spacial score (nSPS) is 14.1. The first kappa shape index (κ1) is 20.0. The number of aryl methyl sites for hydroxylation is 1. The molecule has 7 heteroatoms. The third-order valence-electron chi connectivity index (χ3n) is 5.38. The van der Waals surface area contributed by atoms with E-state index in [1.54, 1.807) is 23.1 Å². The molecule has 0 saturated carbocycles. The molecule has 2 aromatic carbocycles. The largest absolute Gasteiger partial charge is 0.451 e. The van der Waals surface area contributed by atoms with Crippen molar-refractivity contribution in [2.24, 2.45) is 0 Å². The van der Waals surface area contributed by atoms with E-state index in [0.717, 1.165) is 32.3 Å². The molecule has 2 aromatic heterocycles. The van der Waals surface area contributed by atoms with Crippen molar-refractivity contribution in [3.8, 4) is 0 Å². The third-order valence-corrected chi connectivity index (χ3v) is 7.38. The predicted octanol–water partition coefficient (Wildman–Crippen LogP) is 5.81. The van der Waals surface area contributed by atoms with E-state index in [2.05, 4.69) is 28.4 Å². The molecule has 3 heterocycles. The van der Waals surface area contributed by atoms with Crippen molar-refractivity contribution in [2.45, 2.75) is 23.4 Å². The van der Waals surface area contributed by atoms with Crippen LogP contribution in [0.1, 0.15) is 33.1 Å². The van der Waals surface area contributed by atoms with E-state index in [9.17, 15) is 4.79 Å². The summed E-state index contributed by atoms with van der Waals surface area (Å²) in [5.41, 5.74) is 4.18. The van der Waals surface area contributed by atoms with Gasteiger partial charge >= 0.3 is 0 Å². The molecular weight excluding hydrogens is 426 g/mol. The highest BCUT2D eigenvalue weighted by molar-refractivity contribution is 8.00. The van der Waals surface area contributed by atoms with Crippen LogP contribution in [0.15, 0.2) is 69.4 Å². The quantitative estimate of drug-likeness (QED) is 0.361. The topological polar surface area (TPSA) is 59.2 Å². The first-order valence-corrected chi connectivity index (χ1v) is 12.0. The number of amides is 1. The number of para-hydroxylation sites is 1. The Hall–Kier alpha value is -2.90. The summed E-state index contributed by atoms with van der Waals surface area (Å²) in [5.74, 6) is 1.00. The first-order valence-electron chi connectivity index (χ1n) is 10.2. The SMILES string of the molecule is Cc1nnc(SCc2c(C(=O)N3CC=C(c4ccccc4)CC3)oc3ccccc23)s1. The molecule has 0 saturated heterocycles. The van der Waals surface area contributed by atoms with Crippen LogP contribution >= 0.6 is 23.1 Å². The Morgan fingerprint density at radius 3 is 2.68 bits per heavy atom. The summed E-state index contributed by atoms with van der Waals surface area (Å²) < 4.78 is 6.96. The fraction of sp³-hybridized carbons (Fsp3) is 0.208.